The number of hydrogen-bond acceptors (Lipinski definition) is 10. The fourth-order valence-corrected chi connectivity index (χ4v) is 4.77. The van der Waals surface area contributed by atoms with Crippen LogP contribution in [-0.4, -0.2) is 69.1 Å². The molecule has 44 heavy (non-hydrogen) atoms. The summed E-state index contributed by atoms with van der Waals surface area (Å²) in [5.41, 5.74) is 13.7. The number of aromatic nitrogens is 4. The minimum Gasteiger partial charge on any atom is -0.492 e. The monoisotopic (exact) mass is 612 g/mol. The number of guanidine groups is 1. The third-order valence-electron chi connectivity index (χ3n) is 6.97. The Morgan fingerprint density at radius 3 is 2.50 bits per heavy atom. The first-order valence-corrected chi connectivity index (χ1v) is 15.0. The van der Waals surface area contributed by atoms with E-state index in [1.807, 2.05) is 6.92 Å². The summed E-state index contributed by atoms with van der Waals surface area (Å²) in [7, 11) is 1.76. The van der Waals surface area contributed by atoms with Gasteiger partial charge in [-0.3, -0.25) is 19.5 Å². The summed E-state index contributed by atoms with van der Waals surface area (Å²) in [4.78, 5) is 43.1. The van der Waals surface area contributed by atoms with Crippen molar-refractivity contribution in [3.05, 3.63) is 51.7 Å². The van der Waals surface area contributed by atoms with Gasteiger partial charge >= 0.3 is 11.9 Å². The van der Waals surface area contributed by atoms with E-state index in [0.717, 1.165) is 24.1 Å². The van der Waals surface area contributed by atoms with Crippen LogP contribution in [0.5, 0.6) is 5.75 Å². The molecule has 0 radical (unpaired) electrons. The predicted octanol–water partition coefficient (Wildman–Crippen LogP) is 1.33. The van der Waals surface area contributed by atoms with E-state index in [1.165, 1.54) is 0 Å². The van der Waals surface area contributed by atoms with Gasteiger partial charge in [0.05, 0.1) is 12.2 Å². The van der Waals surface area contributed by atoms with Gasteiger partial charge in [-0.25, -0.2) is 14.6 Å². The van der Waals surface area contributed by atoms with Gasteiger partial charge in [0.2, 0.25) is 0 Å². The Bertz CT molecular complexity index is 1480. The molecule has 14 nitrogen and oxygen atoms in total. The Hall–Kier alpha value is -4.30. The number of fused-ring (bicyclic) bond motifs is 1. The SMILES string of the molecule is CCCc1nn(C)c2c(=O)n(CCOc3ccc(CC(OCC)C(=O)OC(=O)[C@@H](N)CCCNC(=N)N)cc3)c(CC)nc12. The second-order valence-electron chi connectivity index (χ2n) is 10.3. The molecule has 1 unspecified atom stereocenters. The van der Waals surface area contributed by atoms with Crippen molar-refractivity contribution < 1.29 is 23.8 Å². The average Bonchev–Trinajstić information content (AvgIpc) is 3.31. The van der Waals surface area contributed by atoms with Crippen molar-refractivity contribution in [1.29, 1.82) is 5.41 Å². The number of ether oxygens (including phenoxy) is 3. The summed E-state index contributed by atoms with van der Waals surface area (Å²) in [5.74, 6) is -0.543. The highest BCUT2D eigenvalue weighted by Crippen LogP contribution is 2.17. The number of nitrogens with one attached hydrogen (secondary N) is 2. The number of carbonyl (C=O) groups is 2. The molecule has 0 bridgehead atoms. The normalized spacial score (nSPS) is 12.6. The number of benzene rings is 1. The standard InChI is InChI=1S/C30H44N8O6/c1-5-9-22-25-26(37(4)36-22)27(39)38(24(6-2)35-25)16-17-43-20-13-11-19(12-14-20)18-23(42-7-3)29(41)44-28(40)21(31)10-8-15-34-30(32)33/h11-14,21,23H,5-10,15-18,31H2,1-4H3,(H4,32,33,34)/t21-,23?/m0/s1. The molecule has 0 saturated carbocycles. The Balaban J connectivity index is 1.57. The van der Waals surface area contributed by atoms with Crippen molar-refractivity contribution in [1.82, 2.24) is 24.6 Å². The van der Waals surface area contributed by atoms with E-state index in [-0.39, 0.29) is 37.6 Å². The molecule has 0 saturated heterocycles. The van der Waals surface area contributed by atoms with Gasteiger partial charge in [-0.1, -0.05) is 32.4 Å². The molecule has 1 aromatic carbocycles. The number of carbonyl (C=O) groups excluding carboxylic acids is 2. The predicted molar refractivity (Wildman–Crippen MR) is 165 cm³/mol. The molecule has 0 amide bonds. The maximum Gasteiger partial charge on any atom is 0.343 e. The Morgan fingerprint density at radius 2 is 1.86 bits per heavy atom. The number of hydrogen-bond donors (Lipinski definition) is 4. The van der Waals surface area contributed by atoms with Crippen LogP contribution >= 0.6 is 0 Å². The van der Waals surface area contributed by atoms with E-state index >= 15 is 0 Å². The van der Waals surface area contributed by atoms with Crippen LogP contribution in [0.1, 0.15) is 57.1 Å². The van der Waals surface area contributed by atoms with Crippen LogP contribution in [0.15, 0.2) is 29.1 Å². The Labute approximate surface area is 256 Å². The van der Waals surface area contributed by atoms with Crippen LogP contribution in [-0.2, 0) is 51.9 Å². The zero-order chi connectivity index (χ0) is 32.2. The van der Waals surface area contributed by atoms with Gasteiger partial charge in [0.1, 0.15) is 29.7 Å². The zero-order valence-electron chi connectivity index (χ0n) is 25.9. The second kappa shape index (κ2) is 16.5. The van der Waals surface area contributed by atoms with Gasteiger partial charge in [-0.15, -0.1) is 0 Å². The molecule has 240 valence electrons. The molecule has 3 aromatic rings. The average molecular weight is 613 g/mol. The highest BCUT2D eigenvalue weighted by Gasteiger charge is 2.26. The first-order chi connectivity index (χ1) is 21.1. The van der Waals surface area contributed by atoms with Gasteiger partial charge in [0.25, 0.3) is 5.56 Å². The topological polar surface area (TPSA) is 202 Å². The molecule has 0 aliphatic heterocycles. The van der Waals surface area contributed by atoms with Crippen LogP contribution in [0.25, 0.3) is 11.0 Å². The lowest BCUT2D eigenvalue weighted by molar-refractivity contribution is -0.169. The molecule has 6 N–H and O–H groups in total. The molecule has 14 heteroatoms. The molecule has 2 aromatic heterocycles. The first kappa shape index (κ1) is 34.2. The van der Waals surface area contributed by atoms with Crippen molar-refractivity contribution in [2.45, 2.75) is 78.0 Å². The van der Waals surface area contributed by atoms with Crippen molar-refractivity contribution in [3.8, 4) is 5.75 Å². The van der Waals surface area contributed by atoms with Crippen molar-refractivity contribution >= 4 is 28.9 Å². The van der Waals surface area contributed by atoms with Crippen LogP contribution in [0, 0.1) is 5.41 Å². The van der Waals surface area contributed by atoms with Crippen LogP contribution < -0.4 is 27.1 Å². The lowest BCUT2D eigenvalue weighted by Gasteiger charge is -2.17. The van der Waals surface area contributed by atoms with Gasteiger partial charge in [0.15, 0.2) is 17.6 Å². The lowest BCUT2D eigenvalue weighted by Crippen LogP contribution is -2.39. The number of nitrogens with two attached hydrogens (primary N) is 2. The molecule has 0 aliphatic rings. The van der Waals surface area contributed by atoms with E-state index in [9.17, 15) is 14.4 Å². The van der Waals surface area contributed by atoms with E-state index in [1.54, 1.807) is 47.5 Å². The van der Waals surface area contributed by atoms with Gasteiger partial charge < -0.3 is 31.0 Å². The summed E-state index contributed by atoms with van der Waals surface area (Å²) >= 11 is 0. The van der Waals surface area contributed by atoms with Gasteiger partial charge in [0, 0.05) is 33.0 Å². The summed E-state index contributed by atoms with van der Waals surface area (Å²) in [6.07, 6.45) is 2.20. The highest BCUT2D eigenvalue weighted by molar-refractivity contribution is 5.90. The summed E-state index contributed by atoms with van der Waals surface area (Å²) < 4.78 is 19.7. The van der Waals surface area contributed by atoms with Crippen LogP contribution in [0.2, 0.25) is 0 Å². The molecular formula is C30H44N8O6. The van der Waals surface area contributed by atoms with Crippen molar-refractivity contribution in [2.75, 3.05) is 19.8 Å². The lowest BCUT2D eigenvalue weighted by atomic mass is 10.1. The summed E-state index contributed by atoms with van der Waals surface area (Å²) in [6.45, 7) is 6.97. The van der Waals surface area contributed by atoms with Crippen LogP contribution in [0.4, 0.5) is 0 Å². The van der Waals surface area contributed by atoms with E-state index in [4.69, 9.17) is 36.1 Å². The van der Waals surface area contributed by atoms with E-state index in [2.05, 4.69) is 17.3 Å². The molecule has 2 heterocycles. The quantitative estimate of drug-likeness (QED) is 0.0563. The maximum absolute atomic E-state index is 13.3. The van der Waals surface area contributed by atoms with Crippen molar-refractivity contribution in [3.63, 3.8) is 0 Å². The third-order valence-corrected chi connectivity index (χ3v) is 6.97. The van der Waals surface area contributed by atoms with E-state index in [0.29, 0.717) is 48.5 Å². The molecule has 0 spiro atoms. The van der Waals surface area contributed by atoms with Gasteiger partial charge in [-0.2, -0.15) is 5.10 Å². The summed E-state index contributed by atoms with van der Waals surface area (Å²) in [5, 5.41) is 14.3. The molecule has 0 fully saturated rings. The maximum atomic E-state index is 13.3. The Kier molecular flexibility index (Phi) is 12.8. The smallest absolute Gasteiger partial charge is 0.343 e. The third kappa shape index (κ3) is 9.10. The fourth-order valence-electron chi connectivity index (χ4n) is 4.77. The first-order valence-electron chi connectivity index (χ1n) is 15.0. The number of aryl methyl sites for hydroxylation is 3. The number of nitrogens with zero attached hydrogens (tertiary/aromatic N) is 4. The Morgan fingerprint density at radius 1 is 1.14 bits per heavy atom. The number of esters is 2. The second-order valence-corrected chi connectivity index (χ2v) is 10.3. The highest BCUT2D eigenvalue weighted by atomic mass is 16.6. The van der Waals surface area contributed by atoms with E-state index < -0.39 is 24.1 Å². The largest absolute Gasteiger partial charge is 0.492 e. The van der Waals surface area contributed by atoms with Crippen LogP contribution in [0.3, 0.4) is 0 Å². The molecular weight excluding hydrogens is 568 g/mol. The molecule has 3 rings (SSSR count). The molecule has 0 aliphatic carbocycles. The minimum atomic E-state index is -0.992. The zero-order valence-corrected chi connectivity index (χ0v) is 25.9. The minimum absolute atomic E-state index is 0.138. The van der Waals surface area contributed by atoms with Crippen molar-refractivity contribution in [2.24, 2.45) is 18.5 Å². The number of rotatable bonds is 17. The van der Waals surface area contributed by atoms with Gasteiger partial charge in [-0.05, 0) is 43.9 Å². The molecule has 2 atom stereocenters. The fraction of sp³-hybridized carbons (Fsp3) is 0.533. The summed E-state index contributed by atoms with van der Waals surface area (Å²) in [6, 6.07) is 6.14.